The average Bonchev–Trinajstić information content (AvgIpc) is 2.93. The number of fused-ring (bicyclic) bond motifs is 1. The Hall–Kier alpha value is -1.80. The topological polar surface area (TPSA) is 60.2 Å². The highest BCUT2D eigenvalue weighted by Crippen LogP contribution is 2.32. The van der Waals surface area contributed by atoms with Gasteiger partial charge in [-0.2, -0.15) is 5.10 Å². The van der Waals surface area contributed by atoms with Crippen molar-refractivity contribution in [3.05, 3.63) is 17.9 Å². The molecule has 0 bridgehead atoms. The molecule has 2 N–H and O–H groups in total. The van der Waals surface area contributed by atoms with Crippen molar-refractivity contribution >= 4 is 40.2 Å². The number of hydrogen-bond acceptors (Lipinski definition) is 4. The predicted octanol–water partition coefficient (Wildman–Crippen LogP) is 1.91. The van der Waals surface area contributed by atoms with Crippen LogP contribution in [0.15, 0.2) is 12.1 Å². The van der Waals surface area contributed by atoms with E-state index < -0.39 is 0 Å². The number of halogens is 1. The molecule has 23 heavy (non-hydrogen) atoms. The third kappa shape index (κ3) is 2.88. The van der Waals surface area contributed by atoms with Crippen molar-refractivity contribution in [1.82, 2.24) is 15.1 Å². The van der Waals surface area contributed by atoms with Gasteiger partial charge in [0.15, 0.2) is 11.0 Å². The summed E-state index contributed by atoms with van der Waals surface area (Å²) in [7, 11) is 1.74. The van der Waals surface area contributed by atoms with Crippen molar-refractivity contribution in [2.45, 2.75) is 13.5 Å². The van der Waals surface area contributed by atoms with Crippen LogP contribution in [-0.4, -0.2) is 48.2 Å². The second-order valence-corrected chi connectivity index (χ2v) is 6.01. The van der Waals surface area contributed by atoms with E-state index in [0.717, 1.165) is 31.9 Å². The summed E-state index contributed by atoms with van der Waals surface area (Å²) in [6.07, 6.45) is 0. The predicted molar refractivity (Wildman–Crippen MR) is 95.6 cm³/mol. The molecule has 124 valence electrons. The maximum atomic E-state index is 14.6. The van der Waals surface area contributed by atoms with Crippen LogP contribution in [0.2, 0.25) is 0 Å². The maximum Gasteiger partial charge on any atom is 0.158 e. The summed E-state index contributed by atoms with van der Waals surface area (Å²) in [6, 6.07) is 3.52. The van der Waals surface area contributed by atoms with E-state index in [1.54, 1.807) is 22.7 Å². The molecule has 1 aliphatic heterocycles. The Bertz CT molecular complexity index is 737. The zero-order valence-corrected chi connectivity index (χ0v) is 14.2. The van der Waals surface area contributed by atoms with Gasteiger partial charge in [-0.05, 0) is 19.1 Å². The van der Waals surface area contributed by atoms with E-state index in [1.165, 1.54) is 0 Å². The molecule has 1 aromatic carbocycles. The van der Waals surface area contributed by atoms with E-state index in [2.05, 4.69) is 27.9 Å². The second kappa shape index (κ2) is 6.37. The Morgan fingerprint density at radius 2 is 2.13 bits per heavy atom. The van der Waals surface area contributed by atoms with Crippen molar-refractivity contribution < 1.29 is 4.39 Å². The molecule has 1 aliphatic rings. The summed E-state index contributed by atoms with van der Waals surface area (Å²) in [6.45, 7) is 6.02. The van der Waals surface area contributed by atoms with Gasteiger partial charge in [-0.3, -0.25) is 5.41 Å². The zero-order chi connectivity index (χ0) is 16.6. The normalized spacial score (nSPS) is 15.2. The first-order valence-corrected chi connectivity index (χ1v) is 8.14. The SMILES string of the molecule is CCn1nc2c(F)cc(N3CCNCC3)cc2c1N(C)C(=N)S. The Morgan fingerprint density at radius 1 is 1.43 bits per heavy atom. The molecule has 8 heteroatoms. The average molecular weight is 336 g/mol. The summed E-state index contributed by atoms with van der Waals surface area (Å²) < 4.78 is 16.3. The molecule has 3 rings (SSSR count). The molecule has 0 amide bonds. The lowest BCUT2D eigenvalue weighted by Crippen LogP contribution is -2.43. The van der Waals surface area contributed by atoms with Crippen LogP contribution in [-0.2, 0) is 6.54 Å². The minimum absolute atomic E-state index is 0.0921. The standard InChI is InChI=1S/C15H21FN6S/c1-3-22-14(20(2)15(17)23)11-8-10(9-12(16)13(11)19-22)21-6-4-18-5-7-21/h8-9,18H,3-7H2,1-2H3,(H2,17,23). The van der Waals surface area contributed by atoms with E-state index in [0.29, 0.717) is 23.3 Å². The minimum atomic E-state index is -0.330. The van der Waals surface area contributed by atoms with Crippen LogP contribution in [0.3, 0.4) is 0 Å². The molecule has 0 atom stereocenters. The fraction of sp³-hybridized carbons (Fsp3) is 0.467. The second-order valence-electron chi connectivity index (χ2n) is 5.58. The smallest absolute Gasteiger partial charge is 0.158 e. The van der Waals surface area contributed by atoms with Crippen molar-refractivity contribution in [2.24, 2.45) is 0 Å². The highest BCUT2D eigenvalue weighted by molar-refractivity contribution is 7.97. The molecular formula is C15H21FN6S. The van der Waals surface area contributed by atoms with Gasteiger partial charge in [0.2, 0.25) is 0 Å². The quantitative estimate of drug-likeness (QED) is 0.455. The van der Waals surface area contributed by atoms with E-state index in [1.807, 2.05) is 13.0 Å². The van der Waals surface area contributed by atoms with E-state index in [9.17, 15) is 4.39 Å². The Kier molecular flexibility index (Phi) is 4.45. The first kappa shape index (κ1) is 16.1. The third-order valence-corrected chi connectivity index (χ3v) is 4.47. The Morgan fingerprint density at radius 3 is 2.74 bits per heavy atom. The summed E-state index contributed by atoms with van der Waals surface area (Å²) in [5, 5.41) is 16.2. The lowest BCUT2D eigenvalue weighted by atomic mass is 10.2. The van der Waals surface area contributed by atoms with Gasteiger partial charge in [0.05, 0.1) is 0 Å². The van der Waals surface area contributed by atoms with Crippen molar-refractivity contribution in [1.29, 1.82) is 5.41 Å². The maximum absolute atomic E-state index is 14.6. The van der Waals surface area contributed by atoms with Crippen molar-refractivity contribution in [3.63, 3.8) is 0 Å². The van der Waals surface area contributed by atoms with Crippen LogP contribution >= 0.6 is 12.6 Å². The summed E-state index contributed by atoms with van der Waals surface area (Å²) in [5.41, 5.74) is 1.19. The molecule has 2 aromatic rings. The lowest BCUT2D eigenvalue weighted by Gasteiger charge is -2.29. The molecule has 0 spiro atoms. The molecule has 0 unspecified atom stereocenters. The van der Waals surface area contributed by atoms with Gasteiger partial charge in [-0.25, -0.2) is 9.07 Å². The van der Waals surface area contributed by atoms with Gasteiger partial charge in [0, 0.05) is 50.8 Å². The number of piperazine rings is 1. The highest BCUT2D eigenvalue weighted by atomic mass is 32.1. The van der Waals surface area contributed by atoms with E-state index in [4.69, 9.17) is 5.41 Å². The number of nitrogens with zero attached hydrogens (tertiary/aromatic N) is 4. The molecule has 1 aromatic heterocycles. The fourth-order valence-electron chi connectivity index (χ4n) is 2.94. The lowest BCUT2D eigenvalue weighted by molar-refractivity contribution is 0.585. The molecule has 6 nitrogen and oxygen atoms in total. The zero-order valence-electron chi connectivity index (χ0n) is 13.3. The number of anilines is 2. The molecule has 1 fully saturated rings. The number of rotatable bonds is 3. The van der Waals surface area contributed by atoms with Crippen LogP contribution in [0.25, 0.3) is 10.9 Å². The third-order valence-electron chi connectivity index (χ3n) is 4.17. The first-order valence-electron chi connectivity index (χ1n) is 7.70. The number of aromatic nitrogens is 2. The Labute approximate surface area is 140 Å². The molecule has 0 saturated carbocycles. The van der Waals surface area contributed by atoms with Gasteiger partial charge in [-0.15, -0.1) is 12.6 Å². The van der Waals surface area contributed by atoms with E-state index >= 15 is 0 Å². The molecule has 1 saturated heterocycles. The van der Waals surface area contributed by atoms with Crippen LogP contribution < -0.4 is 15.1 Å². The summed E-state index contributed by atoms with van der Waals surface area (Å²) >= 11 is 4.10. The van der Waals surface area contributed by atoms with Crippen molar-refractivity contribution in [3.8, 4) is 0 Å². The van der Waals surface area contributed by atoms with Gasteiger partial charge < -0.3 is 15.1 Å². The molecular weight excluding hydrogens is 315 g/mol. The number of hydrogen-bond donors (Lipinski definition) is 3. The number of benzene rings is 1. The molecule has 0 aliphatic carbocycles. The fourth-order valence-corrected chi connectivity index (χ4v) is 3.04. The monoisotopic (exact) mass is 336 g/mol. The number of aryl methyl sites for hydroxylation is 1. The first-order chi connectivity index (χ1) is 11.0. The summed E-state index contributed by atoms with van der Waals surface area (Å²) in [4.78, 5) is 3.78. The highest BCUT2D eigenvalue weighted by Gasteiger charge is 2.21. The van der Waals surface area contributed by atoms with Gasteiger partial charge >= 0.3 is 0 Å². The van der Waals surface area contributed by atoms with Gasteiger partial charge in [0.1, 0.15) is 11.3 Å². The van der Waals surface area contributed by atoms with Crippen molar-refractivity contribution in [2.75, 3.05) is 43.0 Å². The van der Waals surface area contributed by atoms with Crippen LogP contribution in [0.5, 0.6) is 0 Å². The number of nitrogens with one attached hydrogen (secondary N) is 2. The summed E-state index contributed by atoms with van der Waals surface area (Å²) in [5.74, 6) is 0.363. The minimum Gasteiger partial charge on any atom is -0.369 e. The van der Waals surface area contributed by atoms with Crippen LogP contribution in [0, 0.1) is 11.2 Å². The van der Waals surface area contributed by atoms with Gasteiger partial charge in [-0.1, -0.05) is 0 Å². The van der Waals surface area contributed by atoms with Gasteiger partial charge in [0.25, 0.3) is 0 Å². The largest absolute Gasteiger partial charge is 0.369 e. The Balaban J connectivity index is 2.16. The number of amidine groups is 1. The molecule has 0 radical (unpaired) electrons. The van der Waals surface area contributed by atoms with E-state index in [-0.39, 0.29) is 11.0 Å². The number of thiol groups is 1. The van der Waals surface area contributed by atoms with Crippen LogP contribution in [0.4, 0.5) is 15.9 Å². The molecule has 2 heterocycles. The van der Waals surface area contributed by atoms with Crippen LogP contribution in [0.1, 0.15) is 6.92 Å².